The number of halogens is 4. The molecule has 0 atom stereocenters. The van der Waals surface area contributed by atoms with E-state index in [0.717, 1.165) is 10.6 Å². The van der Waals surface area contributed by atoms with Crippen LogP contribution in [-0.2, 0) is 26.8 Å². The van der Waals surface area contributed by atoms with Gasteiger partial charge in [0, 0.05) is 19.7 Å². The molecule has 0 saturated carbocycles. The molecule has 0 unspecified atom stereocenters. The Morgan fingerprint density at radius 3 is 2.57 bits per heavy atom. The standard InChI is InChI=1S/C18H13F4N5O3/c1-25-14-13(16(28)26(2)17(25)29)27(8-23-14)6-10-7-30-15(24-10)9-3-4-12(19)11(5-9)18(20,21)22/h3-5,7-8H,6H2,1-2H3. The van der Waals surface area contributed by atoms with Crippen molar-refractivity contribution in [3.63, 3.8) is 0 Å². The molecule has 8 nitrogen and oxygen atoms in total. The second-order valence-corrected chi connectivity index (χ2v) is 6.59. The quantitative estimate of drug-likeness (QED) is 0.472. The predicted octanol–water partition coefficient (Wildman–Crippen LogP) is 2.29. The SMILES string of the molecule is Cn1c(=O)c2c(ncn2Cc2coc(-c3ccc(F)c(C(F)(F)F)c3)n2)n(C)c1=O. The van der Waals surface area contributed by atoms with Gasteiger partial charge in [0.1, 0.15) is 12.1 Å². The van der Waals surface area contributed by atoms with Crippen molar-refractivity contribution in [1.82, 2.24) is 23.7 Å². The van der Waals surface area contributed by atoms with Crippen molar-refractivity contribution in [3.8, 4) is 11.5 Å². The smallest absolute Gasteiger partial charge is 0.419 e. The van der Waals surface area contributed by atoms with Crippen molar-refractivity contribution >= 4 is 11.2 Å². The van der Waals surface area contributed by atoms with Gasteiger partial charge >= 0.3 is 11.9 Å². The molecule has 0 amide bonds. The average Bonchev–Trinajstić information content (AvgIpc) is 3.32. The second-order valence-electron chi connectivity index (χ2n) is 6.59. The van der Waals surface area contributed by atoms with E-state index >= 15 is 0 Å². The molecule has 156 valence electrons. The van der Waals surface area contributed by atoms with Gasteiger partial charge in [-0.15, -0.1) is 0 Å². The minimum absolute atomic E-state index is 0.0146. The van der Waals surface area contributed by atoms with Crippen molar-refractivity contribution < 1.29 is 22.0 Å². The third-order valence-electron chi connectivity index (χ3n) is 4.62. The van der Waals surface area contributed by atoms with Gasteiger partial charge in [-0.3, -0.25) is 13.9 Å². The number of rotatable bonds is 3. The molecule has 12 heteroatoms. The van der Waals surface area contributed by atoms with Crippen LogP contribution < -0.4 is 11.2 Å². The number of aryl methyl sites for hydroxylation is 1. The highest BCUT2D eigenvalue weighted by molar-refractivity contribution is 5.70. The average molecular weight is 423 g/mol. The minimum Gasteiger partial charge on any atom is -0.444 e. The van der Waals surface area contributed by atoms with Gasteiger partial charge in [0.05, 0.1) is 24.1 Å². The molecule has 0 N–H and O–H groups in total. The van der Waals surface area contributed by atoms with Gasteiger partial charge in [-0.25, -0.2) is 19.2 Å². The van der Waals surface area contributed by atoms with Crippen LogP contribution in [0.3, 0.4) is 0 Å². The van der Waals surface area contributed by atoms with Crippen LogP contribution in [0.1, 0.15) is 11.3 Å². The molecule has 0 spiro atoms. The van der Waals surface area contributed by atoms with Gasteiger partial charge in [0.2, 0.25) is 5.89 Å². The zero-order chi connectivity index (χ0) is 21.8. The Kier molecular flexibility index (Phi) is 4.36. The fraction of sp³-hybridized carbons (Fsp3) is 0.222. The summed E-state index contributed by atoms with van der Waals surface area (Å²) >= 11 is 0. The summed E-state index contributed by atoms with van der Waals surface area (Å²) in [4.78, 5) is 32.7. The number of hydrogen-bond acceptors (Lipinski definition) is 5. The fourth-order valence-electron chi connectivity index (χ4n) is 3.08. The molecule has 4 rings (SSSR count). The monoisotopic (exact) mass is 423 g/mol. The molecule has 0 fully saturated rings. The minimum atomic E-state index is -4.86. The summed E-state index contributed by atoms with van der Waals surface area (Å²) in [6.45, 7) is 0.0146. The maximum absolute atomic E-state index is 13.5. The Hall–Kier alpha value is -3.70. The zero-order valence-corrected chi connectivity index (χ0v) is 15.6. The Bertz CT molecular complexity index is 1390. The molecule has 3 heterocycles. The lowest BCUT2D eigenvalue weighted by molar-refractivity contribution is -0.139. The highest BCUT2D eigenvalue weighted by Gasteiger charge is 2.34. The zero-order valence-electron chi connectivity index (χ0n) is 15.6. The van der Waals surface area contributed by atoms with E-state index in [4.69, 9.17) is 4.42 Å². The Balaban J connectivity index is 1.72. The summed E-state index contributed by atoms with van der Waals surface area (Å²) in [5.74, 6) is -1.54. The molecule has 0 saturated heterocycles. The number of oxazole rings is 1. The first-order valence-corrected chi connectivity index (χ1v) is 8.50. The van der Waals surface area contributed by atoms with Crippen molar-refractivity contribution in [1.29, 1.82) is 0 Å². The number of hydrogen-bond donors (Lipinski definition) is 0. The van der Waals surface area contributed by atoms with E-state index in [1.54, 1.807) is 0 Å². The van der Waals surface area contributed by atoms with Gasteiger partial charge in [0.25, 0.3) is 5.56 Å². The third-order valence-corrected chi connectivity index (χ3v) is 4.62. The molecule has 0 aliphatic rings. The molecule has 0 radical (unpaired) electrons. The largest absolute Gasteiger partial charge is 0.444 e. The summed E-state index contributed by atoms with van der Waals surface area (Å²) in [6, 6.07) is 2.43. The van der Waals surface area contributed by atoms with Crippen LogP contribution in [0.5, 0.6) is 0 Å². The van der Waals surface area contributed by atoms with Crippen molar-refractivity contribution in [2.75, 3.05) is 0 Å². The fourth-order valence-corrected chi connectivity index (χ4v) is 3.08. The van der Waals surface area contributed by atoms with Gasteiger partial charge in [0.15, 0.2) is 11.2 Å². The van der Waals surface area contributed by atoms with Crippen LogP contribution >= 0.6 is 0 Å². The Morgan fingerprint density at radius 1 is 1.13 bits per heavy atom. The summed E-state index contributed by atoms with van der Waals surface area (Å²) in [6.07, 6.45) is -2.30. The number of benzene rings is 1. The molecule has 0 aliphatic carbocycles. The second kappa shape index (κ2) is 6.68. The highest BCUT2D eigenvalue weighted by atomic mass is 19.4. The van der Waals surface area contributed by atoms with E-state index in [9.17, 15) is 27.2 Å². The van der Waals surface area contributed by atoms with Gasteiger partial charge in [-0.2, -0.15) is 13.2 Å². The number of fused-ring (bicyclic) bond motifs is 1. The molecular weight excluding hydrogens is 410 g/mol. The van der Waals surface area contributed by atoms with E-state index < -0.39 is 28.8 Å². The maximum Gasteiger partial charge on any atom is 0.419 e. The molecule has 3 aromatic heterocycles. The Labute approximate surface area is 164 Å². The van der Waals surface area contributed by atoms with E-state index in [-0.39, 0.29) is 34.9 Å². The lowest BCUT2D eigenvalue weighted by atomic mass is 10.1. The summed E-state index contributed by atoms with van der Waals surface area (Å²) in [7, 11) is 2.81. The van der Waals surface area contributed by atoms with E-state index in [2.05, 4.69) is 9.97 Å². The molecular formula is C18H13F4N5O3. The number of imidazole rings is 1. The number of aromatic nitrogens is 5. The van der Waals surface area contributed by atoms with Gasteiger partial charge < -0.3 is 8.98 Å². The predicted molar refractivity (Wildman–Crippen MR) is 96.2 cm³/mol. The maximum atomic E-state index is 13.5. The molecule has 0 bridgehead atoms. The molecule has 0 aliphatic heterocycles. The molecule has 4 aromatic rings. The van der Waals surface area contributed by atoms with Crippen LogP contribution in [-0.4, -0.2) is 23.7 Å². The van der Waals surface area contributed by atoms with E-state index in [1.807, 2.05) is 0 Å². The molecule has 1 aromatic carbocycles. The topological polar surface area (TPSA) is 87.8 Å². The lowest BCUT2D eigenvalue weighted by Crippen LogP contribution is -2.37. The van der Waals surface area contributed by atoms with E-state index in [0.29, 0.717) is 12.1 Å². The van der Waals surface area contributed by atoms with Crippen LogP contribution in [0.25, 0.3) is 22.6 Å². The first-order chi connectivity index (χ1) is 14.1. The van der Waals surface area contributed by atoms with Crippen LogP contribution in [0.15, 0.2) is 44.8 Å². The molecule has 30 heavy (non-hydrogen) atoms. The van der Waals surface area contributed by atoms with Crippen molar-refractivity contribution in [3.05, 3.63) is 68.7 Å². The normalized spacial score (nSPS) is 12.1. The Morgan fingerprint density at radius 2 is 1.87 bits per heavy atom. The third kappa shape index (κ3) is 3.09. The van der Waals surface area contributed by atoms with Crippen LogP contribution in [0, 0.1) is 5.82 Å². The van der Waals surface area contributed by atoms with Crippen molar-refractivity contribution in [2.24, 2.45) is 14.1 Å². The van der Waals surface area contributed by atoms with Crippen LogP contribution in [0.2, 0.25) is 0 Å². The number of nitrogens with zero attached hydrogens (tertiary/aromatic N) is 5. The van der Waals surface area contributed by atoms with E-state index in [1.165, 1.54) is 35.8 Å². The lowest BCUT2D eigenvalue weighted by Gasteiger charge is -2.08. The highest BCUT2D eigenvalue weighted by Crippen LogP contribution is 2.34. The first kappa shape index (κ1) is 19.6. The van der Waals surface area contributed by atoms with Crippen molar-refractivity contribution in [2.45, 2.75) is 12.7 Å². The first-order valence-electron chi connectivity index (χ1n) is 8.50. The summed E-state index contributed by atoms with van der Waals surface area (Å²) < 4.78 is 61.1. The summed E-state index contributed by atoms with van der Waals surface area (Å²) in [5, 5.41) is 0. The van der Waals surface area contributed by atoms with Gasteiger partial charge in [-0.05, 0) is 18.2 Å². The summed E-state index contributed by atoms with van der Waals surface area (Å²) in [5.41, 5.74) is -1.93. The van der Waals surface area contributed by atoms with Gasteiger partial charge in [-0.1, -0.05) is 0 Å². The van der Waals surface area contributed by atoms with Crippen LogP contribution in [0.4, 0.5) is 17.6 Å². The number of alkyl halides is 3.